The second-order valence-electron chi connectivity index (χ2n) is 7.00. The number of fused-ring (bicyclic) bond motifs is 1. The zero-order chi connectivity index (χ0) is 18.6. The van der Waals surface area contributed by atoms with E-state index in [1.165, 1.54) is 4.90 Å². The summed E-state index contributed by atoms with van der Waals surface area (Å²) in [5.41, 5.74) is 0.306. The van der Waals surface area contributed by atoms with Crippen LogP contribution in [0.1, 0.15) is 6.92 Å². The number of hydrogen-bond donors (Lipinski definition) is 0. The van der Waals surface area contributed by atoms with E-state index in [9.17, 15) is 20.1 Å². The van der Waals surface area contributed by atoms with Crippen molar-refractivity contribution in [1.82, 2.24) is 4.90 Å². The minimum absolute atomic E-state index is 0.00932. The highest BCUT2D eigenvalue weighted by Gasteiger charge is 2.65. The van der Waals surface area contributed by atoms with Crippen molar-refractivity contribution < 1.29 is 9.59 Å². The number of likely N-dealkylation sites (N-methyl/N-ethyl adjacent to an activating group) is 1. The molecule has 1 aromatic rings. The Labute approximate surface area is 151 Å². The van der Waals surface area contributed by atoms with E-state index in [2.05, 4.69) is 0 Å². The molecule has 0 spiro atoms. The molecule has 5 rings (SSSR count). The van der Waals surface area contributed by atoms with Gasteiger partial charge in [0.15, 0.2) is 0 Å². The van der Waals surface area contributed by atoms with Crippen molar-refractivity contribution >= 4 is 17.5 Å². The standard InChI is InChI=1S/C20H16N4O2/c1-20-9-8-14(17(23(20)2)12(10-21)11-22)15-16(20)19(26)24(18(15)25)13-6-4-3-5-7-13/h3-9,14-16H,1-2H3/t14-,15+,16-,20+/m1/s1. The Hall–Kier alpha value is -3.38. The Morgan fingerprint density at radius 2 is 1.77 bits per heavy atom. The Kier molecular flexibility index (Phi) is 3.29. The van der Waals surface area contributed by atoms with E-state index < -0.39 is 23.3 Å². The van der Waals surface area contributed by atoms with Gasteiger partial charge in [0.05, 0.1) is 28.8 Å². The highest BCUT2D eigenvalue weighted by atomic mass is 16.2. The molecule has 1 aliphatic carbocycles. The predicted octanol–water partition coefficient (Wildman–Crippen LogP) is 1.98. The maximum atomic E-state index is 13.2. The second kappa shape index (κ2) is 5.31. The maximum Gasteiger partial charge on any atom is 0.240 e. The molecule has 2 amide bonds. The molecule has 3 heterocycles. The van der Waals surface area contributed by atoms with E-state index in [-0.39, 0.29) is 17.4 Å². The van der Waals surface area contributed by atoms with E-state index in [0.717, 1.165) is 0 Å². The third kappa shape index (κ3) is 1.79. The van der Waals surface area contributed by atoms with E-state index in [1.54, 1.807) is 31.3 Å². The quantitative estimate of drug-likeness (QED) is 0.442. The van der Waals surface area contributed by atoms with Crippen LogP contribution in [0, 0.1) is 40.4 Å². The first-order chi connectivity index (χ1) is 12.5. The number of nitriles is 2. The normalized spacial score (nSPS) is 31.7. The number of carbonyl (C=O) groups is 2. The Morgan fingerprint density at radius 1 is 1.12 bits per heavy atom. The zero-order valence-corrected chi connectivity index (χ0v) is 14.4. The lowest BCUT2D eigenvalue weighted by Crippen LogP contribution is -2.61. The van der Waals surface area contributed by atoms with Gasteiger partial charge in [-0.15, -0.1) is 0 Å². The molecule has 0 N–H and O–H groups in total. The minimum atomic E-state index is -0.760. The SMILES string of the molecule is CN1C(=C(C#N)C#N)[C@@H]2C=C[C@@]1(C)[C@H]1C(=O)N(c3ccccc3)C(=O)[C@@H]21. The summed E-state index contributed by atoms with van der Waals surface area (Å²) < 4.78 is 0. The Balaban J connectivity index is 1.90. The van der Waals surface area contributed by atoms with Crippen LogP contribution in [0.3, 0.4) is 0 Å². The average Bonchev–Trinajstić information content (AvgIpc) is 2.92. The number of imide groups is 1. The summed E-state index contributed by atoms with van der Waals surface area (Å²) in [5.74, 6) is -2.10. The van der Waals surface area contributed by atoms with Crippen molar-refractivity contribution in [3.8, 4) is 12.1 Å². The summed E-state index contributed by atoms with van der Waals surface area (Å²) in [7, 11) is 1.78. The molecule has 3 aliphatic heterocycles. The van der Waals surface area contributed by atoms with Gasteiger partial charge < -0.3 is 4.90 Å². The molecule has 0 aromatic heterocycles. The number of amides is 2. The van der Waals surface area contributed by atoms with Gasteiger partial charge in [-0.2, -0.15) is 10.5 Å². The summed E-state index contributed by atoms with van der Waals surface area (Å²) in [6.45, 7) is 1.88. The van der Waals surface area contributed by atoms with Gasteiger partial charge in [-0.3, -0.25) is 9.59 Å². The van der Waals surface area contributed by atoms with Gasteiger partial charge in [0, 0.05) is 13.0 Å². The lowest BCUT2D eigenvalue weighted by atomic mass is 9.62. The number of anilines is 1. The number of hydrogen-bond acceptors (Lipinski definition) is 5. The monoisotopic (exact) mass is 344 g/mol. The molecule has 0 radical (unpaired) electrons. The second-order valence-corrected chi connectivity index (χ2v) is 7.00. The van der Waals surface area contributed by atoms with E-state index in [1.807, 2.05) is 42.2 Å². The topological polar surface area (TPSA) is 88.2 Å². The Morgan fingerprint density at radius 3 is 2.38 bits per heavy atom. The number of piperidine rings is 1. The number of para-hydroxylation sites is 1. The third-order valence-electron chi connectivity index (χ3n) is 5.90. The van der Waals surface area contributed by atoms with Crippen LogP contribution in [-0.4, -0.2) is 29.3 Å². The number of benzene rings is 1. The van der Waals surface area contributed by atoms with Crippen LogP contribution in [0.4, 0.5) is 5.69 Å². The molecule has 6 heteroatoms. The first-order valence-corrected chi connectivity index (χ1v) is 8.36. The molecule has 6 nitrogen and oxygen atoms in total. The third-order valence-corrected chi connectivity index (χ3v) is 5.90. The Bertz CT molecular complexity index is 950. The van der Waals surface area contributed by atoms with Crippen molar-refractivity contribution in [3.63, 3.8) is 0 Å². The van der Waals surface area contributed by atoms with E-state index in [4.69, 9.17) is 0 Å². The number of nitrogens with zero attached hydrogens (tertiary/aromatic N) is 4. The van der Waals surface area contributed by atoms with E-state index in [0.29, 0.717) is 11.4 Å². The highest BCUT2D eigenvalue weighted by molar-refractivity contribution is 6.23. The fourth-order valence-electron chi connectivity index (χ4n) is 4.56. The molecular formula is C20H16N4O2. The molecule has 0 saturated carbocycles. The number of rotatable bonds is 1. The average molecular weight is 344 g/mol. The predicted molar refractivity (Wildman–Crippen MR) is 93.0 cm³/mol. The summed E-state index contributed by atoms with van der Waals surface area (Å²) in [6, 6.07) is 12.7. The molecule has 128 valence electrons. The van der Waals surface area contributed by atoms with Crippen LogP contribution < -0.4 is 4.90 Å². The van der Waals surface area contributed by atoms with Gasteiger partial charge >= 0.3 is 0 Å². The van der Waals surface area contributed by atoms with Crippen molar-refractivity contribution in [2.45, 2.75) is 12.5 Å². The fourth-order valence-corrected chi connectivity index (χ4v) is 4.56. The van der Waals surface area contributed by atoms with Crippen LogP contribution in [0.5, 0.6) is 0 Å². The van der Waals surface area contributed by atoms with E-state index >= 15 is 0 Å². The zero-order valence-electron chi connectivity index (χ0n) is 14.4. The molecule has 2 bridgehead atoms. The van der Waals surface area contributed by atoms with Gasteiger partial charge in [-0.25, -0.2) is 4.90 Å². The van der Waals surface area contributed by atoms with Crippen molar-refractivity contribution in [3.05, 3.63) is 53.8 Å². The summed E-state index contributed by atoms with van der Waals surface area (Å²) >= 11 is 0. The van der Waals surface area contributed by atoms with Gasteiger partial charge in [0.25, 0.3) is 0 Å². The minimum Gasteiger partial charge on any atom is -0.366 e. The van der Waals surface area contributed by atoms with Crippen LogP contribution in [0.2, 0.25) is 0 Å². The molecule has 2 saturated heterocycles. The summed E-state index contributed by atoms with van der Waals surface area (Å²) in [4.78, 5) is 29.5. The number of allylic oxidation sites excluding steroid dienone is 2. The molecule has 2 fully saturated rings. The molecular weight excluding hydrogens is 328 g/mol. The summed E-state index contributed by atoms with van der Waals surface area (Å²) in [6.07, 6.45) is 3.79. The summed E-state index contributed by atoms with van der Waals surface area (Å²) in [5, 5.41) is 18.7. The molecule has 1 aromatic carbocycles. The van der Waals surface area contributed by atoms with Crippen molar-refractivity contribution in [1.29, 1.82) is 10.5 Å². The number of carbonyl (C=O) groups excluding carboxylic acids is 2. The molecule has 4 atom stereocenters. The smallest absolute Gasteiger partial charge is 0.240 e. The lowest BCUT2D eigenvalue weighted by molar-refractivity contribution is -0.128. The van der Waals surface area contributed by atoms with Gasteiger partial charge in [-0.05, 0) is 19.1 Å². The van der Waals surface area contributed by atoms with Gasteiger partial charge in [0.1, 0.15) is 17.7 Å². The lowest BCUT2D eigenvalue weighted by Gasteiger charge is -2.54. The fraction of sp³-hybridized carbons (Fsp3) is 0.300. The van der Waals surface area contributed by atoms with Crippen LogP contribution >= 0.6 is 0 Å². The van der Waals surface area contributed by atoms with Crippen LogP contribution in [0.25, 0.3) is 0 Å². The van der Waals surface area contributed by atoms with Gasteiger partial charge in [0.2, 0.25) is 11.8 Å². The molecule has 4 aliphatic rings. The maximum absolute atomic E-state index is 13.2. The first-order valence-electron chi connectivity index (χ1n) is 8.36. The van der Waals surface area contributed by atoms with Crippen LogP contribution in [-0.2, 0) is 9.59 Å². The van der Waals surface area contributed by atoms with Crippen molar-refractivity contribution in [2.75, 3.05) is 11.9 Å². The van der Waals surface area contributed by atoms with Crippen molar-refractivity contribution in [2.24, 2.45) is 17.8 Å². The molecule has 0 unspecified atom stereocenters. The largest absolute Gasteiger partial charge is 0.366 e. The first kappa shape index (κ1) is 16.1. The molecule has 26 heavy (non-hydrogen) atoms. The van der Waals surface area contributed by atoms with Crippen LogP contribution in [0.15, 0.2) is 53.8 Å². The highest BCUT2D eigenvalue weighted by Crippen LogP contribution is 2.55. The van der Waals surface area contributed by atoms with Gasteiger partial charge in [-0.1, -0.05) is 30.4 Å².